The topological polar surface area (TPSA) is 90.3 Å². The van der Waals surface area contributed by atoms with Gasteiger partial charge in [-0.15, -0.1) is 0 Å². The number of rotatable bonds is 3. The maximum Gasteiger partial charge on any atom is 0.351 e. The molecule has 0 bridgehead atoms. The summed E-state index contributed by atoms with van der Waals surface area (Å²) >= 11 is 0. The second-order valence-electron chi connectivity index (χ2n) is 5.48. The smallest absolute Gasteiger partial charge is 0.351 e. The molecule has 0 aliphatic carbocycles. The Morgan fingerprint density at radius 1 is 1.38 bits per heavy atom. The molecule has 0 spiro atoms. The number of carbonyl (C=O) groups excluding carboxylic acids is 1. The van der Waals surface area contributed by atoms with Crippen molar-refractivity contribution >= 4 is 21.6 Å². The predicted molar refractivity (Wildman–Crippen MR) is 88.2 cm³/mol. The van der Waals surface area contributed by atoms with E-state index in [9.17, 15) is 13.2 Å². The standard InChI is InChI=1S/C16H17N3O4S/c1-10-11(2)19(9-12-5-4-6-17-7-12)15-14(10)24(21,22)13(8-18-15)16(20)23-3/h4-8,18H,9H2,1-3H3. The van der Waals surface area contributed by atoms with Crippen molar-refractivity contribution in [1.82, 2.24) is 9.55 Å². The van der Waals surface area contributed by atoms with Crippen molar-refractivity contribution in [3.8, 4) is 0 Å². The van der Waals surface area contributed by atoms with Crippen molar-refractivity contribution in [2.24, 2.45) is 0 Å². The molecule has 0 atom stereocenters. The number of carbonyl (C=O) groups is 1. The number of hydrogen-bond donors (Lipinski definition) is 1. The zero-order valence-electron chi connectivity index (χ0n) is 13.5. The molecule has 0 amide bonds. The summed E-state index contributed by atoms with van der Waals surface area (Å²) in [5.74, 6) is -0.438. The Morgan fingerprint density at radius 2 is 2.12 bits per heavy atom. The third kappa shape index (κ3) is 2.39. The molecular formula is C16H17N3O4S. The highest BCUT2D eigenvalue weighted by molar-refractivity contribution is 7.96. The second-order valence-corrected chi connectivity index (χ2v) is 7.34. The van der Waals surface area contributed by atoms with Crippen LogP contribution in [0.5, 0.6) is 0 Å². The van der Waals surface area contributed by atoms with Crippen LogP contribution in [0.4, 0.5) is 5.82 Å². The monoisotopic (exact) mass is 347 g/mol. The molecule has 24 heavy (non-hydrogen) atoms. The summed E-state index contributed by atoms with van der Waals surface area (Å²) in [7, 11) is -2.78. The summed E-state index contributed by atoms with van der Waals surface area (Å²) in [5.41, 5.74) is 2.36. The molecule has 7 nitrogen and oxygen atoms in total. The van der Waals surface area contributed by atoms with Crippen LogP contribution in [0.25, 0.3) is 0 Å². The van der Waals surface area contributed by atoms with Crippen LogP contribution in [0.1, 0.15) is 16.8 Å². The number of fused-ring (bicyclic) bond motifs is 1. The lowest BCUT2D eigenvalue weighted by Gasteiger charge is -2.18. The van der Waals surface area contributed by atoms with Gasteiger partial charge >= 0.3 is 5.97 Å². The van der Waals surface area contributed by atoms with Crippen molar-refractivity contribution in [3.63, 3.8) is 0 Å². The molecule has 2 aromatic rings. The normalized spacial score (nSPS) is 15.2. The number of aromatic nitrogens is 2. The van der Waals surface area contributed by atoms with Crippen LogP contribution in [0.15, 0.2) is 40.5 Å². The maximum atomic E-state index is 12.8. The summed E-state index contributed by atoms with van der Waals surface area (Å²) in [4.78, 5) is 15.6. The number of nitrogens with zero attached hydrogens (tertiary/aromatic N) is 2. The molecule has 1 N–H and O–H groups in total. The maximum absolute atomic E-state index is 12.8. The molecule has 1 aliphatic rings. The Labute approximate surface area is 139 Å². The molecule has 0 saturated carbocycles. The van der Waals surface area contributed by atoms with E-state index in [2.05, 4.69) is 15.0 Å². The highest BCUT2D eigenvalue weighted by atomic mass is 32.2. The van der Waals surface area contributed by atoms with E-state index in [0.717, 1.165) is 18.4 Å². The van der Waals surface area contributed by atoms with E-state index in [0.29, 0.717) is 17.9 Å². The largest absolute Gasteiger partial charge is 0.465 e. The fourth-order valence-electron chi connectivity index (χ4n) is 2.77. The minimum absolute atomic E-state index is 0.117. The third-order valence-electron chi connectivity index (χ3n) is 4.12. The van der Waals surface area contributed by atoms with E-state index in [1.165, 1.54) is 6.20 Å². The van der Waals surface area contributed by atoms with Crippen molar-refractivity contribution in [3.05, 3.63) is 52.5 Å². The number of ether oxygens (including phenoxy) is 1. The van der Waals surface area contributed by atoms with Gasteiger partial charge in [0.25, 0.3) is 0 Å². The Bertz CT molecular complexity index is 943. The van der Waals surface area contributed by atoms with Gasteiger partial charge in [0.15, 0.2) is 4.91 Å². The summed E-state index contributed by atoms with van der Waals surface area (Å²) in [6.07, 6.45) is 4.59. The Hall–Kier alpha value is -2.61. The number of pyridine rings is 1. The molecule has 3 heterocycles. The van der Waals surface area contributed by atoms with Crippen LogP contribution in [-0.4, -0.2) is 31.0 Å². The van der Waals surface area contributed by atoms with Gasteiger partial charge in [-0.2, -0.15) is 0 Å². The van der Waals surface area contributed by atoms with Gasteiger partial charge < -0.3 is 14.6 Å². The van der Waals surface area contributed by atoms with E-state index in [1.807, 2.05) is 23.6 Å². The van der Waals surface area contributed by atoms with Gasteiger partial charge in [-0.3, -0.25) is 4.98 Å². The SMILES string of the molecule is COC(=O)C1=CNc2c(c(C)c(C)n2Cc2cccnc2)S1(=O)=O. The second kappa shape index (κ2) is 5.79. The number of methoxy groups -OCH3 is 1. The lowest BCUT2D eigenvalue weighted by atomic mass is 10.2. The molecule has 1 aliphatic heterocycles. The first kappa shape index (κ1) is 16.3. The molecule has 0 aromatic carbocycles. The van der Waals surface area contributed by atoms with Crippen molar-refractivity contribution in [2.45, 2.75) is 25.3 Å². The molecule has 0 unspecified atom stereocenters. The highest BCUT2D eigenvalue weighted by Crippen LogP contribution is 2.38. The zero-order chi connectivity index (χ0) is 17.5. The summed E-state index contributed by atoms with van der Waals surface area (Å²) in [6.45, 7) is 4.05. The van der Waals surface area contributed by atoms with Crippen LogP contribution in [0, 0.1) is 13.8 Å². The Morgan fingerprint density at radius 3 is 2.75 bits per heavy atom. The first-order chi connectivity index (χ1) is 11.4. The molecule has 126 valence electrons. The molecule has 8 heteroatoms. The number of hydrogen-bond acceptors (Lipinski definition) is 6. The van der Waals surface area contributed by atoms with Crippen LogP contribution >= 0.6 is 0 Å². The van der Waals surface area contributed by atoms with Gasteiger partial charge in [0.2, 0.25) is 9.84 Å². The lowest BCUT2D eigenvalue weighted by Crippen LogP contribution is -2.22. The quantitative estimate of drug-likeness (QED) is 0.851. The van der Waals surface area contributed by atoms with E-state index >= 15 is 0 Å². The Kier molecular flexibility index (Phi) is 3.92. The number of anilines is 1. The summed E-state index contributed by atoms with van der Waals surface area (Å²) in [6, 6.07) is 3.74. The average molecular weight is 347 g/mol. The van der Waals surface area contributed by atoms with Gasteiger partial charge in [-0.25, -0.2) is 13.2 Å². The van der Waals surface area contributed by atoms with Crippen LogP contribution in [-0.2, 0) is 25.9 Å². The summed E-state index contributed by atoms with van der Waals surface area (Å²) in [5, 5.41) is 2.93. The first-order valence-electron chi connectivity index (χ1n) is 7.26. The molecule has 2 aromatic heterocycles. The summed E-state index contributed by atoms with van der Waals surface area (Å²) < 4.78 is 32.1. The van der Waals surface area contributed by atoms with E-state index in [-0.39, 0.29) is 9.80 Å². The van der Waals surface area contributed by atoms with Crippen molar-refractivity contribution in [1.29, 1.82) is 0 Å². The average Bonchev–Trinajstić information content (AvgIpc) is 2.81. The van der Waals surface area contributed by atoms with Crippen LogP contribution < -0.4 is 5.32 Å². The highest BCUT2D eigenvalue weighted by Gasteiger charge is 2.37. The minimum atomic E-state index is -3.93. The molecule has 0 radical (unpaired) electrons. The van der Waals surface area contributed by atoms with Crippen LogP contribution in [0.3, 0.4) is 0 Å². The fourth-order valence-corrected chi connectivity index (χ4v) is 4.48. The van der Waals surface area contributed by atoms with Gasteiger partial charge in [0.1, 0.15) is 10.7 Å². The van der Waals surface area contributed by atoms with Crippen LogP contribution in [0.2, 0.25) is 0 Å². The molecule has 0 fully saturated rings. The van der Waals surface area contributed by atoms with Gasteiger partial charge in [0.05, 0.1) is 13.7 Å². The lowest BCUT2D eigenvalue weighted by molar-refractivity contribution is -0.135. The minimum Gasteiger partial charge on any atom is -0.465 e. The number of sulfone groups is 1. The van der Waals surface area contributed by atoms with Gasteiger partial charge in [0, 0.05) is 24.3 Å². The van der Waals surface area contributed by atoms with E-state index in [1.54, 1.807) is 19.3 Å². The Balaban J connectivity index is 2.14. The number of esters is 1. The van der Waals surface area contributed by atoms with E-state index in [4.69, 9.17) is 0 Å². The van der Waals surface area contributed by atoms with Gasteiger partial charge in [-0.1, -0.05) is 6.07 Å². The predicted octanol–water partition coefficient (Wildman–Crippen LogP) is 1.76. The van der Waals surface area contributed by atoms with Gasteiger partial charge in [-0.05, 0) is 31.0 Å². The number of nitrogens with one attached hydrogen (secondary N) is 1. The molecule has 3 rings (SSSR count). The zero-order valence-corrected chi connectivity index (χ0v) is 14.3. The van der Waals surface area contributed by atoms with E-state index < -0.39 is 15.8 Å². The molecular weight excluding hydrogens is 330 g/mol. The molecule has 0 saturated heterocycles. The third-order valence-corrected chi connectivity index (χ3v) is 6.02. The fraction of sp³-hybridized carbons (Fsp3) is 0.250. The first-order valence-corrected chi connectivity index (χ1v) is 8.75. The van der Waals surface area contributed by atoms with Crippen molar-refractivity contribution < 1.29 is 17.9 Å². The van der Waals surface area contributed by atoms with Crippen molar-refractivity contribution in [2.75, 3.05) is 12.4 Å².